The van der Waals surface area contributed by atoms with E-state index in [4.69, 9.17) is 4.74 Å². The summed E-state index contributed by atoms with van der Waals surface area (Å²) in [6.07, 6.45) is 0.485. The van der Waals surface area contributed by atoms with E-state index >= 15 is 0 Å². The summed E-state index contributed by atoms with van der Waals surface area (Å²) >= 11 is 0. The van der Waals surface area contributed by atoms with E-state index in [1.807, 2.05) is 35.2 Å². The van der Waals surface area contributed by atoms with E-state index in [9.17, 15) is 9.59 Å². The monoisotopic (exact) mass is 383 g/mol. The number of rotatable bonds is 6. The van der Waals surface area contributed by atoms with E-state index < -0.39 is 0 Å². The van der Waals surface area contributed by atoms with Gasteiger partial charge in [-0.2, -0.15) is 0 Å². The Morgan fingerprint density at radius 3 is 2.43 bits per heavy atom. The number of hydrogen-bond donors (Lipinski definition) is 1. The summed E-state index contributed by atoms with van der Waals surface area (Å²) in [6, 6.07) is 13.5. The molecule has 1 aromatic heterocycles. The summed E-state index contributed by atoms with van der Waals surface area (Å²) in [6.45, 7) is 5.15. The number of hydrogen-bond acceptors (Lipinski definition) is 6. The lowest BCUT2D eigenvalue weighted by atomic mass is 10.1. The maximum Gasteiger partial charge on any atom is 0.409 e. The van der Waals surface area contributed by atoms with Gasteiger partial charge in [0.1, 0.15) is 0 Å². The van der Waals surface area contributed by atoms with Crippen molar-refractivity contribution in [2.75, 3.05) is 44.2 Å². The van der Waals surface area contributed by atoms with E-state index in [0.29, 0.717) is 50.8 Å². The number of benzene rings is 1. The summed E-state index contributed by atoms with van der Waals surface area (Å²) < 4.78 is 5.02. The average Bonchev–Trinajstić information content (AvgIpc) is 2.75. The molecule has 28 heavy (non-hydrogen) atoms. The fraction of sp³-hybridized carbons (Fsp3) is 0.400. The van der Waals surface area contributed by atoms with Crippen LogP contribution in [0.5, 0.6) is 0 Å². The van der Waals surface area contributed by atoms with Gasteiger partial charge in [-0.3, -0.25) is 4.79 Å². The Bertz CT molecular complexity index is 774. The number of piperazine rings is 1. The fourth-order valence-corrected chi connectivity index (χ4v) is 3.00. The van der Waals surface area contributed by atoms with Gasteiger partial charge in [-0.1, -0.05) is 30.3 Å². The van der Waals surface area contributed by atoms with Gasteiger partial charge in [-0.05, 0) is 31.0 Å². The van der Waals surface area contributed by atoms with Crippen LogP contribution in [-0.2, 0) is 11.2 Å². The molecular weight excluding hydrogens is 358 g/mol. The number of carbonyl (C=O) groups is 2. The van der Waals surface area contributed by atoms with Gasteiger partial charge in [0, 0.05) is 32.7 Å². The SMILES string of the molecule is CCOC(=O)N1CCN(c2ccc(C(=O)NCCc3ccccc3)nn2)CC1. The van der Waals surface area contributed by atoms with E-state index in [-0.39, 0.29) is 12.0 Å². The van der Waals surface area contributed by atoms with E-state index in [0.717, 1.165) is 6.42 Å². The number of ether oxygens (including phenoxy) is 1. The van der Waals surface area contributed by atoms with Gasteiger partial charge in [-0.25, -0.2) is 4.79 Å². The molecule has 1 fully saturated rings. The molecule has 8 nitrogen and oxygen atoms in total. The lowest BCUT2D eigenvalue weighted by molar-refractivity contribution is 0.0947. The molecule has 1 aromatic carbocycles. The molecule has 2 amide bonds. The molecule has 1 N–H and O–H groups in total. The highest BCUT2D eigenvalue weighted by molar-refractivity contribution is 5.92. The number of anilines is 1. The van der Waals surface area contributed by atoms with Gasteiger partial charge in [0.15, 0.2) is 11.5 Å². The van der Waals surface area contributed by atoms with Crippen molar-refractivity contribution in [2.45, 2.75) is 13.3 Å². The van der Waals surface area contributed by atoms with Crippen molar-refractivity contribution in [1.29, 1.82) is 0 Å². The van der Waals surface area contributed by atoms with Crippen LogP contribution in [0.15, 0.2) is 42.5 Å². The summed E-state index contributed by atoms with van der Waals surface area (Å²) in [4.78, 5) is 27.7. The Labute approximate surface area is 164 Å². The minimum atomic E-state index is -0.282. The second-order valence-electron chi connectivity index (χ2n) is 6.44. The topological polar surface area (TPSA) is 87.7 Å². The maximum atomic E-state index is 12.2. The molecule has 8 heteroatoms. The van der Waals surface area contributed by atoms with E-state index in [1.54, 1.807) is 24.0 Å². The minimum Gasteiger partial charge on any atom is -0.450 e. The molecule has 0 spiro atoms. The Kier molecular flexibility index (Phi) is 6.78. The minimum absolute atomic E-state index is 0.234. The van der Waals surface area contributed by atoms with Gasteiger partial charge in [0.2, 0.25) is 0 Å². The molecule has 1 aliphatic rings. The van der Waals surface area contributed by atoms with Gasteiger partial charge >= 0.3 is 6.09 Å². The van der Waals surface area contributed by atoms with E-state index in [1.165, 1.54) is 5.56 Å². The second-order valence-corrected chi connectivity index (χ2v) is 6.44. The third kappa shape index (κ3) is 5.18. The molecule has 3 rings (SSSR count). The summed E-state index contributed by atoms with van der Waals surface area (Å²) in [5, 5.41) is 11.1. The van der Waals surface area contributed by atoms with Crippen LogP contribution in [0.25, 0.3) is 0 Å². The van der Waals surface area contributed by atoms with Crippen LogP contribution in [0.3, 0.4) is 0 Å². The smallest absolute Gasteiger partial charge is 0.409 e. The summed E-state index contributed by atoms with van der Waals surface area (Å²) in [7, 11) is 0. The quantitative estimate of drug-likeness (QED) is 0.817. The molecule has 0 bridgehead atoms. The molecule has 2 aromatic rings. The van der Waals surface area contributed by atoms with Crippen LogP contribution in [0.2, 0.25) is 0 Å². The van der Waals surface area contributed by atoms with Crippen LogP contribution in [0.4, 0.5) is 10.6 Å². The Morgan fingerprint density at radius 1 is 1.04 bits per heavy atom. The van der Waals surface area contributed by atoms with Gasteiger partial charge in [-0.15, -0.1) is 10.2 Å². The van der Waals surface area contributed by atoms with Crippen molar-refractivity contribution in [3.05, 3.63) is 53.7 Å². The van der Waals surface area contributed by atoms with Crippen molar-refractivity contribution < 1.29 is 14.3 Å². The summed E-state index contributed by atoms with van der Waals surface area (Å²) in [5.41, 5.74) is 1.47. The molecule has 1 aliphatic heterocycles. The highest BCUT2D eigenvalue weighted by Gasteiger charge is 2.23. The summed E-state index contributed by atoms with van der Waals surface area (Å²) in [5.74, 6) is 0.464. The zero-order valence-electron chi connectivity index (χ0n) is 16.0. The number of nitrogens with zero attached hydrogens (tertiary/aromatic N) is 4. The molecular formula is C20H25N5O3. The van der Waals surface area contributed by atoms with Crippen LogP contribution >= 0.6 is 0 Å². The zero-order valence-corrected chi connectivity index (χ0v) is 16.0. The van der Waals surface area contributed by atoms with Crippen molar-refractivity contribution in [1.82, 2.24) is 20.4 Å². The predicted octanol–water partition coefficient (Wildman–Crippen LogP) is 1.73. The number of amides is 2. The maximum absolute atomic E-state index is 12.2. The molecule has 2 heterocycles. The Hall–Kier alpha value is -3.16. The van der Waals surface area contributed by atoms with Crippen molar-refractivity contribution >= 4 is 17.8 Å². The molecule has 148 valence electrons. The normalized spacial score (nSPS) is 13.9. The second kappa shape index (κ2) is 9.68. The fourth-order valence-electron chi connectivity index (χ4n) is 3.00. The molecule has 0 radical (unpaired) electrons. The Balaban J connectivity index is 1.47. The van der Waals surface area contributed by atoms with Crippen LogP contribution in [-0.4, -0.2) is 66.4 Å². The highest BCUT2D eigenvalue weighted by Crippen LogP contribution is 2.13. The van der Waals surface area contributed by atoms with Gasteiger partial charge < -0.3 is 19.9 Å². The molecule has 0 saturated carbocycles. The van der Waals surface area contributed by atoms with Crippen LogP contribution in [0.1, 0.15) is 23.0 Å². The van der Waals surface area contributed by atoms with E-state index in [2.05, 4.69) is 15.5 Å². The molecule has 1 saturated heterocycles. The number of aromatic nitrogens is 2. The van der Waals surface area contributed by atoms with Crippen LogP contribution < -0.4 is 10.2 Å². The highest BCUT2D eigenvalue weighted by atomic mass is 16.6. The van der Waals surface area contributed by atoms with Crippen molar-refractivity contribution in [2.24, 2.45) is 0 Å². The van der Waals surface area contributed by atoms with Crippen molar-refractivity contribution in [3.8, 4) is 0 Å². The first-order chi connectivity index (χ1) is 13.7. The first-order valence-electron chi connectivity index (χ1n) is 9.50. The third-order valence-electron chi connectivity index (χ3n) is 4.55. The predicted molar refractivity (Wildman–Crippen MR) is 105 cm³/mol. The van der Waals surface area contributed by atoms with Gasteiger partial charge in [0.25, 0.3) is 5.91 Å². The molecule has 0 aliphatic carbocycles. The number of nitrogens with one attached hydrogen (secondary N) is 1. The average molecular weight is 383 g/mol. The lowest BCUT2D eigenvalue weighted by Crippen LogP contribution is -2.49. The molecule has 0 unspecified atom stereocenters. The zero-order chi connectivity index (χ0) is 19.8. The first kappa shape index (κ1) is 19.6. The van der Waals surface area contributed by atoms with Crippen LogP contribution in [0, 0.1) is 0 Å². The standard InChI is InChI=1S/C20H25N5O3/c1-2-28-20(27)25-14-12-24(13-15-25)18-9-8-17(22-23-18)19(26)21-11-10-16-6-4-3-5-7-16/h3-9H,2,10-15H2,1H3,(H,21,26). The van der Waals surface area contributed by atoms with Crippen molar-refractivity contribution in [3.63, 3.8) is 0 Å². The largest absolute Gasteiger partial charge is 0.450 e. The Morgan fingerprint density at radius 2 is 1.79 bits per heavy atom. The lowest BCUT2D eigenvalue weighted by Gasteiger charge is -2.34. The first-order valence-corrected chi connectivity index (χ1v) is 9.50. The van der Waals surface area contributed by atoms with Gasteiger partial charge in [0.05, 0.1) is 6.61 Å². The number of carbonyl (C=O) groups excluding carboxylic acids is 2. The molecule has 0 atom stereocenters. The third-order valence-corrected chi connectivity index (χ3v) is 4.55.